The van der Waals surface area contributed by atoms with E-state index >= 15 is 0 Å². The average Bonchev–Trinajstić information content (AvgIpc) is 2.71. The van der Waals surface area contributed by atoms with Crippen LogP contribution in [0.1, 0.15) is 15.9 Å². The molecule has 3 rings (SSSR count). The van der Waals surface area contributed by atoms with Crippen LogP contribution in [0, 0.1) is 0 Å². The molecule has 0 aromatic heterocycles. The van der Waals surface area contributed by atoms with Gasteiger partial charge < -0.3 is 5.11 Å². The topological polar surface area (TPSA) is 62.0 Å². The van der Waals surface area contributed by atoms with Gasteiger partial charge in [0, 0.05) is 15.6 Å². The Morgan fingerprint density at radius 1 is 0.889 bits per heavy atom. The minimum atomic E-state index is -0.427. The van der Waals surface area contributed by atoms with E-state index in [9.17, 15) is 9.90 Å². The van der Waals surface area contributed by atoms with Crippen LogP contribution in [0.25, 0.3) is 5.76 Å². The molecule has 0 radical (unpaired) electrons. The molecule has 0 aliphatic heterocycles. The molecule has 0 unspecified atom stereocenters. The molecule has 3 aromatic rings. The van der Waals surface area contributed by atoms with Gasteiger partial charge in [-0.05, 0) is 34.1 Å². The van der Waals surface area contributed by atoms with Crippen molar-refractivity contribution in [2.75, 3.05) is 0 Å². The fourth-order valence-electron chi connectivity index (χ4n) is 2.31. The number of carbonyl (C=O) groups excluding carboxylic acids is 1. The van der Waals surface area contributed by atoms with Gasteiger partial charge >= 0.3 is 0 Å². The zero-order valence-corrected chi connectivity index (χ0v) is 16.4. The van der Waals surface area contributed by atoms with Crippen LogP contribution in [-0.2, 0) is 0 Å². The lowest BCUT2D eigenvalue weighted by atomic mass is 10.1. The van der Waals surface area contributed by atoms with Crippen LogP contribution in [0.3, 0.4) is 0 Å². The minimum absolute atomic E-state index is 0.147. The van der Waals surface area contributed by atoms with E-state index in [1.54, 1.807) is 66.7 Å². The van der Waals surface area contributed by atoms with E-state index in [1.807, 2.05) is 12.1 Å². The van der Waals surface area contributed by atoms with E-state index in [1.165, 1.54) is 0 Å². The number of Topliss-reactive ketones (excluding diaryl/α,β-unsaturated/α-hetero) is 1. The number of azo groups is 1. The molecule has 0 saturated heterocycles. The molecular formula is C21H14BrClN2O2. The van der Waals surface area contributed by atoms with E-state index in [2.05, 4.69) is 26.2 Å². The predicted molar refractivity (Wildman–Crippen MR) is 110 cm³/mol. The Kier molecular flexibility index (Phi) is 6.16. The van der Waals surface area contributed by atoms with E-state index in [4.69, 9.17) is 11.6 Å². The van der Waals surface area contributed by atoms with Crippen LogP contribution >= 0.6 is 27.5 Å². The molecule has 0 heterocycles. The Hall–Kier alpha value is -2.76. The zero-order chi connectivity index (χ0) is 19.2. The smallest absolute Gasteiger partial charge is 0.217 e. The summed E-state index contributed by atoms with van der Waals surface area (Å²) in [5.74, 6) is -0.666. The van der Waals surface area contributed by atoms with Gasteiger partial charge in [-0.2, -0.15) is 5.11 Å². The van der Waals surface area contributed by atoms with Gasteiger partial charge in [-0.15, -0.1) is 5.11 Å². The molecule has 6 heteroatoms. The number of allylic oxidation sites excluding steroid dienone is 1. The molecule has 0 bridgehead atoms. The molecule has 0 saturated carbocycles. The van der Waals surface area contributed by atoms with E-state index in [0.29, 0.717) is 21.8 Å². The summed E-state index contributed by atoms with van der Waals surface area (Å²) in [4.78, 5) is 12.9. The summed E-state index contributed by atoms with van der Waals surface area (Å²) in [6.07, 6.45) is 0. The Morgan fingerprint density at radius 3 is 2.07 bits per heavy atom. The molecule has 0 aliphatic carbocycles. The molecule has 0 fully saturated rings. The number of rotatable bonds is 5. The second-order valence-electron chi connectivity index (χ2n) is 5.56. The molecule has 134 valence electrons. The maximum atomic E-state index is 12.9. The number of carbonyl (C=O) groups is 1. The molecule has 0 spiro atoms. The normalized spacial score (nSPS) is 12.1. The maximum Gasteiger partial charge on any atom is 0.217 e. The second kappa shape index (κ2) is 8.75. The number of hydrogen-bond donors (Lipinski definition) is 1. The van der Waals surface area contributed by atoms with Crippen molar-refractivity contribution < 1.29 is 9.90 Å². The quantitative estimate of drug-likeness (QED) is 0.201. The van der Waals surface area contributed by atoms with Crippen LogP contribution in [0.15, 0.2) is 99.3 Å². The summed E-state index contributed by atoms with van der Waals surface area (Å²) in [7, 11) is 0. The first kappa shape index (κ1) is 19.0. The number of aliphatic hydroxyl groups is 1. The average molecular weight is 442 g/mol. The van der Waals surface area contributed by atoms with Crippen molar-refractivity contribution in [2.24, 2.45) is 10.2 Å². The fraction of sp³-hybridized carbons (Fsp3) is 0. The van der Waals surface area contributed by atoms with E-state index in [-0.39, 0.29) is 11.5 Å². The lowest BCUT2D eigenvalue weighted by Gasteiger charge is -2.06. The molecule has 0 aliphatic rings. The third kappa shape index (κ3) is 4.70. The van der Waals surface area contributed by atoms with Gasteiger partial charge in [0.2, 0.25) is 5.78 Å². The maximum absolute atomic E-state index is 12.9. The first-order valence-electron chi connectivity index (χ1n) is 8.01. The van der Waals surface area contributed by atoms with Crippen LogP contribution in [0.2, 0.25) is 5.02 Å². The van der Waals surface area contributed by atoms with Crippen molar-refractivity contribution in [3.05, 3.63) is 105 Å². The Bertz CT molecular complexity index is 1020. The number of benzene rings is 3. The van der Waals surface area contributed by atoms with Crippen molar-refractivity contribution in [3.8, 4) is 0 Å². The van der Waals surface area contributed by atoms with Gasteiger partial charge in [0.15, 0.2) is 11.5 Å². The summed E-state index contributed by atoms with van der Waals surface area (Å²) in [6.45, 7) is 0. The minimum Gasteiger partial charge on any atom is -0.505 e. The predicted octanol–water partition coefficient (Wildman–Crippen LogP) is 7.00. The third-order valence-electron chi connectivity index (χ3n) is 3.69. The van der Waals surface area contributed by atoms with Gasteiger partial charge in [0.05, 0.1) is 10.7 Å². The Morgan fingerprint density at radius 2 is 1.48 bits per heavy atom. The highest BCUT2D eigenvalue weighted by Crippen LogP contribution is 2.28. The summed E-state index contributed by atoms with van der Waals surface area (Å²) >= 11 is 9.38. The molecular weight excluding hydrogens is 428 g/mol. The van der Waals surface area contributed by atoms with Gasteiger partial charge in [-0.3, -0.25) is 4.79 Å². The first-order chi connectivity index (χ1) is 13.1. The number of hydrogen-bond acceptors (Lipinski definition) is 4. The van der Waals surface area contributed by atoms with E-state index < -0.39 is 5.78 Å². The lowest BCUT2D eigenvalue weighted by Crippen LogP contribution is -2.04. The van der Waals surface area contributed by atoms with Gasteiger partial charge in [0.25, 0.3) is 0 Å². The zero-order valence-electron chi connectivity index (χ0n) is 14.0. The number of ketones is 1. The van der Waals surface area contributed by atoms with Gasteiger partial charge in [-0.25, -0.2) is 0 Å². The van der Waals surface area contributed by atoms with Crippen molar-refractivity contribution in [1.82, 2.24) is 0 Å². The summed E-state index contributed by atoms with van der Waals surface area (Å²) in [5.41, 5.74) is 1.20. The molecule has 1 N–H and O–H groups in total. The molecule has 27 heavy (non-hydrogen) atoms. The van der Waals surface area contributed by atoms with Crippen molar-refractivity contribution in [1.29, 1.82) is 0 Å². The molecule has 4 nitrogen and oxygen atoms in total. The summed E-state index contributed by atoms with van der Waals surface area (Å²) < 4.78 is 0.728. The van der Waals surface area contributed by atoms with Crippen LogP contribution in [-0.4, -0.2) is 10.9 Å². The first-order valence-corrected chi connectivity index (χ1v) is 9.18. The summed E-state index contributed by atoms with van der Waals surface area (Å²) in [6, 6.07) is 22.4. The van der Waals surface area contributed by atoms with Crippen molar-refractivity contribution in [3.63, 3.8) is 0 Å². The standard InChI is InChI=1S/C21H14BrClN2O2/c22-17-12-11-16(13-18(17)23)24-25-19(20(26)14-7-3-1-4-8-14)21(27)15-9-5-2-6-10-15/h1-13,26H/b20-19-,25-24?. The SMILES string of the molecule is O=C(/C(N=Nc1ccc(Br)c(Cl)c1)=C(/O)c1ccccc1)c1ccccc1. The highest BCUT2D eigenvalue weighted by atomic mass is 79.9. The Balaban J connectivity index is 2.06. The fourth-order valence-corrected chi connectivity index (χ4v) is 2.74. The van der Waals surface area contributed by atoms with Crippen LogP contribution in [0.4, 0.5) is 5.69 Å². The highest BCUT2D eigenvalue weighted by Gasteiger charge is 2.18. The van der Waals surface area contributed by atoms with Crippen LogP contribution < -0.4 is 0 Å². The second-order valence-corrected chi connectivity index (χ2v) is 6.82. The number of halogens is 2. The molecule has 3 aromatic carbocycles. The largest absolute Gasteiger partial charge is 0.505 e. The number of nitrogens with zero attached hydrogens (tertiary/aromatic N) is 2. The molecule has 0 atom stereocenters. The van der Waals surface area contributed by atoms with Crippen molar-refractivity contribution >= 4 is 44.8 Å². The monoisotopic (exact) mass is 440 g/mol. The van der Waals surface area contributed by atoms with Gasteiger partial charge in [-0.1, -0.05) is 72.3 Å². The van der Waals surface area contributed by atoms with Crippen LogP contribution in [0.5, 0.6) is 0 Å². The molecule has 0 amide bonds. The summed E-state index contributed by atoms with van der Waals surface area (Å²) in [5, 5.41) is 19.3. The van der Waals surface area contributed by atoms with E-state index in [0.717, 1.165) is 4.47 Å². The lowest BCUT2D eigenvalue weighted by molar-refractivity contribution is 0.103. The van der Waals surface area contributed by atoms with Gasteiger partial charge in [0.1, 0.15) is 0 Å². The van der Waals surface area contributed by atoms with Crippen molar-refractivity contribution in [2.45, 2.75) is 0 Å². The highest BCUT2D eigenvalue weighted by molar-refractivity contribution is 9.10. The third-order valence-corrected chi connectivity index (χ3v) is 4.92. The Labute approximate surface area is 170 Å². The number of aliphatic hydroxyl groups excluding tert-OH is 1.